The van der Waals surface area contributed by atoms with E-state index < -0.39 is 5.97 Å². The first-order valence-electron chi connectivity index (χ1n) is 5.94. The van der Waals surface area contributed by atoms with Gasteiger partial charge in [0, 0.05) is 25.7 Å². The van der Waals surface area contributed by atoms with Gasteiger partial charge < -0.3 is 10.0 Å². The number of hydrogen-bond acceptors (Lipinski definition) is 3. The predicted octanol–water partition coefficient (Wildman–Crippen LogP) is 1.47. The van der Waals surface area contributed by atoms with E-state index in [-0.39, 0.29) is 18.2 Å². The Balaban J connectivity index is 2.54. The van der Waals surface area contributed by atoms with Crippen molar-refractivity contribution < 1.29 is 14.7 Å². The van der Waals surface area contributed by atoms with Crippen LogP contribution in [0.4, 0.5) is 0 Å². The number of nitrogens with one attached hydrogen (secondary N) is 1. The molecule has 0 fully saturated rings. The van der Waals surface area contributed by atoms with Gasteiger partial charge in [-0.3, -0.25) is 14.7 Å². The van der Waals surface area contributed by atoms with E-state index in [0.717, 1.165) is 5.69 Å². The highest BCUT2D eigenvalue weighted by Gasteiger charge is 2.16. The van der Waals surface area contributed by atoms with Crippen LogP contribution in [0.25, 0.3) is 0 Å². The second-order valence-electron chi connectivity index (χ2n) is 4.59. The van der Waals surface area contributed by atoms with E-state index in [2.05, 4.69) is 10.2 Å². The number of nitrogens with zero attached hydrogens (tertiary/aromatic N) is 2. The predicted molar refractivity (Wildman–Crippen MR) is 66.5 cm³/mol. The summed E-state index contributed by atoms with van der Waals surface area (Å²) in [5, 5.41) is 15.3. The summed E-state index contributed by atoms with van der Waals surface area (Å²) in [6, 6.07) is 1.74. The first kappa shape index (κ1) is 14.2. The van der Waals surface area contributed by atoms with Crippen molar-refractivity contribution in [1.29, 1.82) is 0 Å². The molecular weight excluding hydrogens is 234 g/mol. The summed E-state index contributed by atoms with van der Waals surface area (Å²) >= 11 is 0. The van der Waals surface area contributed by atoms with E-state index in [1.54, 1.807) is 13.1 Å². The number of carbonyl (C=O) groups excluding carboxylic acids is 1. The monoisotopic (exact) mass is 253 g/mol. The van der Waals surface area contributed by atoms with Crippen LogP contribution < -0.4 is 0 Å². The summed E-state index contributed by atoms with van der Waals surface area (Å²) in [7, 11) is 1.65. The van der Waals surface area contributed by atoms with Crippen molar-refractivity contribution in [2.24, 2.45) is 0 Å². The maximum absolute atomic E-state index is 12.0. The summed E-state index contributed by atoms with van der Waals surface area (Å²) in [6.45, 7) is 4.44. The molecule has 0 bridgehead atoms. The van der Waals surface area contributed by atoms with E-state index >= 15 is 0 Å². The van der Waals surface area contributed by atoms with E-state index in [9.17, 15) is 9.59 Å². The number of H-pyrrole nitrogens is 1. The van der Waals surface area contributed by atoms with Gasteiger partial charge in [0.2, 0.25) is 0 Å². The molecule has 1 amide bonds. The molecule has 100 valence electrons. The van der Waals surface area contributed by atoms with Crippen LogP contribution in [0.1, 0.15) is 48.8 Å². The van der Waals surface area contributed by atoms with Crippen LogP contribution in [-0.2, 0) is 4.79 Å². The molecule has 2 N–H and O–H groups in total. The summed E-state index contributed by atoms with van der Waals surface area (Å²) < 4.78 is 0. The number of hydrogen-bond donors (Lipinski definition) is 2. The number of carboxylic acid groups (broad SMARTS) is 1. The Morgan fingerprint density at radius 3 is 2.67 bits per heavy atom. The molecule has 0 atom stereocenters. The number of carboxylic acids is 1. The molecule has 0 radical (unpaired) electrons. The molecule has 0 aliphatic heterocycles. The van der Waals surface area contributed by atoms with Gasteiger partial charge in [0.1, 0.15) is 5.69 Å². The second kappa shape index (κ2) is 6.18. The second-order valence-corrected chi connectivity index (χ2v) is 4.59. The topological polar surface area (TPSA) is 86.3 Å². The number of amides is 1. The zero-order valence-electron chi connectivity index (χ0n) is 10.9. The molecule has 6 nitrogen and oxygen atoms in total. The molecule has 1 rings (SSSR count). The summed E-state index contributed by atoms with van der Waals surface area (Å²) in [6.07, 6.45) is 0.508. The van der Waals surface area contributed by atoms with Gasteiger partial charge in [-0.2, -0.15) is 5.10 Å². The molecule has 1 aromatic rings. The molecule has 18 heavy (non-hydrogen) atoms. The fourth-order valence-electron chi connectivity index (χ4n) is 1.51. The van der Waals surface area contributed by atoms with E-state index in [1.807, 2.05) is 13.8 Å². The Hall–Kier alpha value is -1.85. The van der Waals surface area contributed by atoms with Crippen LogP contribution in [0, 0.1) is 0 Å². The van der Waals surface area contributed by atoms with E-state index in [4.69, 9.17) is 5.11 Å². The van der Waals surface area contributed by atoms with Gasteiger partial charge in [-0.1, -0.05) is 13.8 Å². The van der Waals surface area contributed by atoms with E-state index in [1.165, 1.54) is 4.90 Å². The first-order chi connectivity index (χ1) is 8.41. The molecule has 0 unspecified atom stereocenters. The van der Waals surface area contributed by atoms with Gasteiger partial charge >= 0.3 is 5.97 Å². The average molecular weight is 253 g/mol. The number of carbonyl (C=O) groups is 2. The van der Waals surface area contributed by atoms with Gasteiger partial charge in [-0.25, -0.2) is 0 Å². The Bertz CT molecular complexity index is 426. The lowest BCUT2D eigenvalue weighted by atomic mass is 10.1. The smallest absolute Gasteiger partial charge is 0.303 e. The Morgan fingerprint density at radius 1 is 1.50 bits per heavy atom. The standard InChI is InChI=1S/C12H19N3O3/c1-8(2)9-7-10(14-13-9)12(18)15(3)6-4-5-11(16)17/h7-8H,4-6H2,1-3H3,(H,13,14)(H,16,17). The average Bonchev–Trinajstić information content (AvgIpc) is 2.76. The number of aromatic amines is 1. The van der Waals surface area contributed by atoms with Crippen molar-refractivity contribution >= 4 is 11.9 Å². The third kappa shape index (κ3) is 3.87. The summed E-state index contributed by atoms with van der Waals surface area (Å²) in [5.41, 5.74) is 1.29. The van der Waals surface area contributed by atoms with Crippen molar-refractivity contribution in [3.63, 3.8) is 0 Å². The lowest BCUT2D eigenvalue weighted by Crippen LogP contribution is -2.28. The molecule has 6 heteroatoms. The molecule has 0 spiro atoms. The molecule has 0 aliphatic rings. The maximum atomic E-state index is 12.0. The van der Waals surface area contributed by atoms with Crippen LogP contribution in [0.3, 0.4) is 0 Å². The normalized spacial score (nSPS) is 10.7. The lowest BCUT2D eigenvalue weighted by Gasteiger charge is -2.14. The van der Waals surface area contributed by atoms with Gasteiger partial charge in [-0.15, -0.1) is 0 Å². The quantitative estimate of drug-likeness (QED) is 0.803. The lowest BCUT2D eigenvalue weighted by molar-refractivity contribution is -0.137. The van der Waals surface area contributed by atoms with E-state index in [0.29, 0.717) is 18.7 Å². The number of aromatic nitrogens is 2. The first-order valence-corrected chi connectivity index (χ1v) is 5.94. The van der Waals surface area contributed by atoms with Crippen molar-refractivity contribution in [2.75, 3.05) is 13.6 Å². The Labute approximate surface area is 106 Å². The van der Waals surface area contributed by atoms with Gasteiger partial charge in [0.25, 0.3) is 5.91 Å². The third-order valence-electron chi connectivity index (χ3n) is 2.67. The largest absolute Gasteiger partial charge is 0.481 e. The minimum atomic E-state index is -0.849. The highest BCUT2D eigenvalue weighted by molar-refractivity contribution is 5.92. The van der Waals surface area contributed by atoms with Gasteiger partial charge in [0.05, 0.1) is 0 Å². The summed E-state index contributed by atoms with van der Waals surface area (Å²) in [5.74, 6) is -0.752. The molecule has 0 aliphatic carbocycles. The molecule has 0 saturated carbocycles. The maximum Gasteiger partial charge on any atom is 0.303 e. The Morgan fingerprint density at radius 2 is 2.17 bits per heavy atom. The molecule has 1 heterocycles. The molecular formula is C12H19N3O3. The highest BCUT2D eigenvalue weighted by Crippen LogP contribution is 2.13. The van der Waals surface area contributed by atoms with Gasteiger partial charge in [-0.05, 0) is 18.4 Å². The van der Waals surface area contributed by atoms with Crippen molar-refractivity contribution in [3.05, 3.63) is 17.5 Å². The van der Waals surface area contributed by atoms with Crippen LogP contribution in [0.5, 0.6) is 0 Å². The third-order valence-corrected chi connectivity index (χ3v) is 2.67. The number of rotatable bonds is 6. The van der Waals surface area contributed by atoms with Crippen LogP contribution in [0.15, 0.2) is 6.07 Å². The fraction of sp³-hybridized carbons (Fsp3) is 0.583. The minimum absolute atomic E-state index is 0.0649. The van der Waals surface area contributed by atoms with Crippen LogP contribution >= 0.6 is 0 Å². The summed E-state index contributed by atoms with van der Waals surface area (Å²) in [4.78, 5) is 23.8. The van der Waals surface area contributed by atoms with Crippen molar-refractivity contribution in [1.82, 2.24) is 15.1 Å². The highest BCUT2D eigenvalue weighted by atomic mass is 16.4. The van der Waals surface area contributed by atoms with Crippen LogP contribution in [-0.4, -0.2) is 45.7 Å². The van der Waals surface area contributed by atoms with Crippen molar-refractivity contribution in [2.45, 2.75) is 32.6 Å². The van der Waals surface area contributed by atoms with Crippen LogP contribution in [0.2, 0.25) is 0 Å². The number of aliphatic carboxylic acids is 1. The molecule has 0 aromatic carbocycles. The van der Waals surface area contributed by atoms with Crippen molar-refractivity contribution in [3.8, 4) is 0 Å². The van der Waals surface area contributed by atoms with Gasteiger partial charge in [0.15, 0.2) is 0 Å². The zero-order valence-corrected chi connectivity index (χ0v) is 10.9. The minimum Gasteiger partial charge on any atom is -0.481 e. The fourth-order valence-corrected chi connectivity index (χ4v) is 1.51. The zero-order chi connectivity index (χ0) is 13.7. The molecule has 1 aromatic heterocycles. The molecule has 0 saturated heterocycles. The SMILES string of the molecule is CC(C)c1cc(C(=O)N(C)CCCC(=O)O)n[nH]1. The Kier molecular flexibility index (Phi) is 4.88.